The van der Waals surface area contributed by atoms with Crippen LogP contribution in [0.1, 0.15) is 57.1 Å². The molecule has 0 spiro atoms. The van der Waals surface area contributed by atoms with Gasteiger partial charge in [0.05, 0.1) is 13.2 Å². The maximum Gasteiger partial charge on any atom is 0.119 e. The first-order chi connectivity index (χ1) is 10.6. The van der Waals surface area contributed by atoms with Crippen molar-refractivity contribution in [1.82, 2.24) is 0 Å². The molecule has 0 amide bonds. The average molecular weight is 305 g/mol. The van der Waals surface area contributed by atoms with Crippen molar-refractivity contribution in [2.75, 3.05) is 13.2 Å². The van der Waals surface area contributed by atoms with E-state index in [2.05, 4.69) is 25.1 Å². The van der Waals surface area contributed by atoms with Crippen molar-refractivity contribution in [3.05, 3.63) is 29.3 Å². The molecule has 1 aliphatic rings. The molecule has 22 heavy (non-hydrogen) atoms. The molecule has 0 radical (unpaired) electrons. The third-order valence-corrected chi connectivity index (χ3v) is 4.90. The highest BCUT2D eigenvalue weighted by atomic mass is 16.5. The Morgan fingerprint density at radius 2 is 1.91 bits per heavy atom. The minimum absolute atomic E-state index is 0.0345. The summed E-state index contributed by atoms with van der Waals surface area (Å²) in [5, 5.41) is 9.44. The number of rotatable bonds is 9. The summed E-state index contributed by atoms with van der Waals surface area (Å²) < 4.78 is 5.88. The molecule has 1 aromatic carbocycles. The third kappa shape index (κ3) is 4.47. The Morgan fingerprint density at radius 3 is 2.64 bits per heavy atom. The number of benzene rings is 1. The van der Waals surface area contributed by atoms with Gasteiger partial charge in [0.25, 0.3) is 0 Å². The van der Waals surface area contributed by atoms with Gasteiger partial charge in [0, 0.05) is 5.54 Å². The lowest BCUT2D eigenvalue weighted by molar-refractivity contribution is 0.158. The Hall–Kier alpha value is -1.06. The lowest BCUT2D eigenvalue weighted by Gasteiger charge is -2.28. The van der Waals surface area contributed by atoms with Crippen molar-refractivity contribution < 1.29 is 9.84 Å². The summed E-state index contributed by atoms with van der Waals surface area (Å²) in [7, 11) is 0. The molecular formula is C19H31NO2. The van der Waals surface area contributed by atoms with Crippen LogP contribution in [0.3, 0.4) is 0 Å². The summed E-state index contributed by atoms with van der Waals surface area (Å²) in [5.74, 6) is 1.29. The molecule has 0 saturated heterocycles. The minimum atomic E-state index is -0.501. The van der Waals surface area contributed by atoms with E-state index in [1.54, 1.807) is 0 Å². The molecule has 0 aliphatic heterocycles. The van der Waals surface area contributed by atoms with Crippen LogP contribution in [-0.2, 0) is 12.8 Å². The molecule has 2 rings (SSSR count). The van der Waals surface area contributed by atoms with Crippen LogP contribution in [0.4, 0.5) is 0 Å². The van der Waals surface area contributed by atoms with Crippen molar-refractivity contribution >= 4 is 0 Å². The minimum Gasteiger partial charge on any atom is -0.494 e. The first kappa shape index (κ1) is 17.3. The Balaban J connectivity index is 1.83. The second kappa shape index (κ2) is 7.98. The van der Waals surface area contributed by atoms with Gasteiger partial charge < -0.3 is 15.6 Å². The molecule has 0 saturated carbocycles. The van der Waals surface area contributed by atoms with E-state index in [4.69, 9.17) is 10.5 Å². The highest BCUT2D eigenvalue weighted by molar-refractivity contribution is 5.40. The van der Waals surface area contributed by atoms with E-state index in [1.165, 1.54) is 36.8 Å². The third-order valence-electron chi connectivity index (χ3n) is 4.90. The molecule has 0 aromatic heterocycles. The predicted octanol–water partition coefficient (Wildman–Crippen LogP) is 3.46. The standard InChI is InChI=1S/C19H31NO2/c1-3-4-5-6-7-10-22-18-9-8-15-11-17(12-16(15)13-18)19(2,20)14-21/h8-9,13,17,21H,3-7,10-12,14,20H2,1-2H3/t17-,19-/m0/s1. The molecule has 3 N–H and O–H groups in total. The van der Waals surface area contributed by atoms with Crippen molar-refractivity contribution in [2.45, 2.75) is 64.3 Å². The second-order valence-corrected chi connectivity index (χ2v) is 6.96. The van der Waals surface area contributed by atoms with Crippen LogP contribution in [0.5, 0.6) is 5.75 Å². The maximum atomic E-state index is 9.44. The number of nitrogens with two attached hydrogens (primary N) is 1. The zero-order chi connectivity index (χ0) is 16.0. The highest BCUT2D eigenvalue weighted by Gasteiger charge is 2.34. The first-order valence-electron chi connectivity index (χ1n) is 8.71. The molecule has 0 fully saturated rings. The van der Waals surface area contributed by atoms with Gasteiger partial charge in [-0.15, -0.1) is 0 Å². The molecule has 3 nitrogen and oxygen atoms in total. The molecule has 1 aromatic rings. The lowest BCUT2D eigenvalue weighted by atomic mass is 9.85. The zero-order valence-electron chi connectivity index (χ0n) is 14.1. The van der Waals surface area contributed by atoms with E-state index in [0.29, 0.717) is 5.92 Å². The van der Waals surface area contributed by atoms with Crippen molar-refractivity contribution in [3.63, 3.8) is 0 Å². The summed E-state index contributed by atoms with van der Waals surface area (Å²) in [6.45, 7) is 5.01. The van der Waals surface area contributed by atoms with Crippen LogP contribution in [0.25, 0.3) is 0 Å². The van der Waals surface area contributed by atoms with Crippen molar-refractivity contribution in [3.8, 4) is 5.75 Å². The smallest absolute Gasteiger partial charge is 0.119 e. The number of fused-ring (bicyclic) bond motifs is 1. The number of aliphatic hydroxyl groups excluding tert-OH is 1. The van der Waals surface area contributed by atoms with Gasteiger partial charge >= 0.3 is 0 Å². The van der Waals surface area contributed by atoms with Crippen LogP contribution in [0, 0.1) is 5.92 Å². The first-order valence-corrected chi connectivity index (χ1v) is 8.71. The van der Waals surface area contributed by atoms with Crippen molar-refractivity contribution in [1.29, 1.82) is 0 Å². The van der Waals surface area contributed by atoms with Crippen LogP contribution >= 0.6 is 0 Å². The van der Waals surface area contributed by atoms with E-state index in [9.17, 15) is 5.11 Å². The quantitative estimate of drug-likeness (QED) is 0.687. The summed E-state index contributed by atoms with van der Waals surface area (Å²) in [6.07, 6.45) is 8.19. The fourth-order valence-electron chi connectivity index (χ4n) is 3.18. The molecule has 1 aliphatic carbocycles. The number of unbranched alkanes of at least 4 members (excludes halogenated alkanes) is 4. The van der Waals surface area contributed by atoms with Gasteiger partial charge in [-0.05, 0) is 55.4 Å². The maximum absolute atomic E-state index is 9.44. The second-order valence-electron chi connectivity index (χ2n) is 6.96. The molecule has 3 heteroatoms. The van der Waals surface area contributed by atoms with Crippen LogP contribution in [0.15, 0.2) is 18.2 Å². The van der Waals surface area contributed by atoms with E-state index >= 15 is 0 Å². The molecule has 0 unspecified atom stereocenters. The van der Waals surface area contributed by atoms with Gasteiger partial charge in [-0.1, -0.05) is 38.7 Å². The average Bonchev–Trinajstić information content (AvgIpc) is 2.95. The molecule has 2 atom stereocenters. The molecule has 124 valence electrons. The Morgan fingerprint density at radius 1 is 1.18 bits per heavy atom. The van der Waals surface area contributed by atoms with Crippen LogP contribution in [0.2, 0.25) is 0 Å². The highest BCUT2D eigenvalue weighted by Crippen LogP contribution is 2.34. The largest absolute Gasteiger partial charge is 0.494 e. The van der Waals surface area contributed by atoms with Gasteiger partial charge in [-0.25, -0.2) is 0 Å². The van der Waals surface area contributed by atoms with Gasteiger partial charge in [0.1, 0.15) is 5.75 Å². The fraction of sp³-hybridized carbons (Fsp3) is 0.684. The normalized spacial score (nSPS) is 19.7. The van der Waals surface area contributed by atoms with Gasteiger partial charge in [-0.2, -0.15) is 0 Å². The number of ether oxygens (including phenoxy) is 1. The van der Waals surface area contributed by atoms with Crippen LogP contribution < -0.4 is 10.5 Å². The summed E-state index contributed by atoms with van der Waals surface area (Å²) in [6, 6.07) is 6.39. The zero-order valence-corrected chi connectivity index (χ0v) is 14.1. The topological polar surface area (TPSA) is 55.5 Å². The van der Waals surface area contributed by atoms with E-state index in [1.807, 2.05) is 6.92 Å². The van der Waals surface area contributed by atoms with E-state index in [-0.39, 0.29) is 6.61 Å². The van der Waals surface area contributed by atoms with E-state index in [0.717, 1.165) is 31.6 Å². The predicted molar refractivity (Wildman–Crippen MR) is 91.3 cm³/mol. The molecule has 0 bridgehead atoms. The summed E-state index contributed by atoms with van der Waals surface area (Å²) in [4.78, 5) is 0. The monoisotopic (exact) mass is 305 g/mol. The van der Waals surface area contributed by atoms with Gasteiger partial charge in [-0.3, -0.25) is 0 Å². The van der Waals surface area contributed by atoms with Crippen molar-refractivity contribution in [2.24, 2.45) is 11.7 Å². The molecule has 0 heterocycles. The van der Waals surface area contributed by atoms with Gasteiger partial charge in [0.15, 0.2) is 0 Å². The molecular weight excluding hydrogens is 274 g/mol. The Kier molecular flexibility index (Phi) is 6.27. The number of hydrogen-bond donors (Lipinski definition) is 2. The SMILES string of the molecule is CCCCCCCOc1ccc2c(c1)C[C@@H]([C@@](C)(N)CO)C2. The van der Waals surface area contributed by atoms with E-state index < -0.39 is 5.54 Å². The van der Waals surface area contributed by atoms with Gasteiger partial charge in [0.2, 0.25) is 0 Å². The Labute approximate surface area is 134 Å². The fourth-order valence-corrected chi connectivity index (χ4v) is 3.18. The lowest BCUT2D eigenvalue weighted by Crippen LogP contribution is -2.48. The summed E-state index contributed by atoms with van der Waals surface area (Å²) >= 11 is 0. The number of hydrogen-bond acceptors (Lipinski definition) is 3. The summed E-state index contributed by atoms with van der Waals surface area (Å²) in [5.41, 5.74) is 8.38. The number of aliphatic hydroxyl groups is 1. The van der Waals surface area contributed by atoms with Crippen LogP contribution in [-0.4, -0.2) is 23.9 Å². The Bertz CT molecular complexity index is 471.